The summed E-state index contributed by atoms with van der Waals surface area (Å²) in [5.41, 5.74) is 2.99. The molecule has 3 nitrogen and oxygen atoms in total. The van der Waals surface area contributed by atoms with Crippen LogP contribution in [0.15, 0.2) is 41.8 Å². The summed E-state index contributed by atoms with van der Waals surface area (Å²) in [6, 6.07) is 7.56. The van der Waals surface area contributed by atoms with E-state index in [1.807, 2.05) is 24.3 Å². The number of H-pyrrole nitrogens is 1. The second-order valence-corrected chi connectivity index (χ2v) is 5.73. The Balaban J connectivity index is 1.82. The van der Waals surface area contributed by atoms with E-state index in [1.54, 1.807) is 24.3 Å². The summed E-state index contributed by atoms with van der Waals surface area (Å²) >= 11 is 13.5. The SMILES string of the molecule is Clc1ccc(CSc2nccc3[nH]cnc23)cc1Cl. The molecule has 0 bridgehead atoms. The second kappa shape index (κ2) is 5.41. The first-order valence-corrected chi connectivity index (χ1v) is 7.33. The van der Waals surface area contributed by atoms with Gasteiger partial charge in [0.05, 0.1) is 21.9 Å². The Hall–Kier alpha value is -1.23. The fourth-order valence-electron chi connectivity index (χ4n) is 1.73. The quantitative estimate of drug-likeness (QED) is 0.721. The van der Waals surface area contributed by atoms with E-state index in [4.69, 9.17) is 23.2 Å². The number of aromatic nitrogens is 3. The second-order valence-electron chi connectivity index (χ2n) is 3.95. The fourth-order valence-corrected chi connectivity index (χ4v) is 2.97. The van der Waals surface area contributed by atoms with E-state index in [0.29, 0.717) is 10.0 Å². The van der Waals surface area contributed by atoms with Crippen LogP contribution >= 0.6 is 35.0 Å². The number of benzene rings is 1. The lowest BCUT2D eigenvalue weighted by atomic mass is 10.2. The molecule has 0 amide bonds. The third kappa shape index (κ3) is 2.71. The van der Waals surface area contributed by atoms with Crippen LogP contribution in [0.5, 0.6) is 0 Å². The number of hydrogen-bond donors (Lipinski definition) is 1. The zero-order chi connectivity index (χ0) is 13.2. The predicted molar refractivity (Wildman–Crippen MR) is 79.9 cm³/mol. The Morgan fingerprint density at radius 1 is 1.11 bits per heavy atom. The molecule has 0 saturated heterocycles. The van der Waals surface area contributed by atoms with Gasteiger partial charge in [-0.2, -0.15) is 0 Å². The van der Waals surface area contributed by atoms with Crippen molar-refractivity contribution in [2.24, 2.45) is 0 Å². The van der Waals surface area contributed by atoms with Gasteiger partial charge in [-0.15, -0.1) is 0 Å². The van der Waals surface area contributed by atoms with Crippen molar-refractivity contribution < 1.29 is 0 Å². The third-order valence-corrected chi connectivity index (χ3v) is 4.45. The first-order valence-electron chi connectivity index (χ1n) is 5.59. The molecule has 0 saturated carbocycles. The molecular formula is C13H9Cl2N3S. The van der Waals surface area contributed by atoms with Crippen molar-refractivity contribution in [1.82, 2.24) is 15.0 Å². The van der Waals surface area contributed by atoms with Crippen molar-refractivity contribution in [2.75, 3.05) is 0 Å². The van der Waals surface area contributed by atoms with Crippen molar-refractivity contribution in [1.29, 1.82) is 0 Å². The molecule has 0 aliphatic heterocycles. The van der Waals surface area contributed by atoms with Crippen LogP contribution in [0.1, 0.15) is 5.56 Å². The van der Waals surface area contributed by atoms with Gasteiger partial charge in [0.15, 0.2) is 0 Å². The standard InChI is InChI=1S/C13H9Cl2N3S/c14-9-2-1-8(5-10(9)15)6-19-13-12-11(3-4-16-13)17-7-18-12/h1-5,7H,6H2,(H,17,18). The normalized spacial score (nSPS) is 11.1. The molecule has 1 aromatic carbocycles. The van der Waals surface area contributed by atoms with Crippen molar-refractivity contribution in [3.8, 4) is 0 Å². The summed E-state index contributed by atoms with van der Waals surface area (Å²) in [6.07, 6.45) is 3.45. The molecule has 3 aromatic rings. The van der Waals surface area contributed by atoms with Crippen LogP contribution in [-0.2, 0) is 5.75 Å². The molecule has 0 radical (unpaired) electrons. The van der Waals surface area contributed by atoms with E-state index in [0.717, 1.165) is 27.4 Å². The minimum absolute atomic E-state index is 0.572. The maximum Gasteiger partial charge on any atom is 0.124 e. The van der Waals surface area contributed by atoms with E-state index in [9.17, 15) is 0 Å². The van der Waals surface area contributed by atoms with E-state index >= 15 is 0 Å². The van der Waals surface area contributed by atoms with Gasteiger partial charge in [-0.05, 0) is 23.8 Å². The lowest BCUT2D eigenvalue weighted by Gasteiger charge is -2.03. The molecule has 0 unspecified atom stereocenters. The van der Waals surface area contributed by atoms with E-state index in [-0.39, 0.29) is 0 Å². The number of nitrogens with one attached hydrogen (secondary N) is 1. The summed E-state index contributed by atoms with van der Waals surface area (Å²) in [5.74, 6) is 0.774. The van der Waals surface area contributed by atoms with Crippen LogP contribution in [0, 0.1) is 0 Å². The zero-order valence-electron chi connectivity index (χ0n) is 9.73. The van der Waals surface area contributed by atoms with Crippen LogP contribution in [0.25, 0.3) is 11.0 Å². The number of halogens is 2. The smallest absolute Gasteiger partial charge is 0.124 e. The van der Waals surface area contributed by atoms with Gasteiger partial charge in [-0.1, -0.05) is 41.0 Å². The first kappa shape index (κ1) is 12.8. The van der Waals surface area contributed by atoms with Crippen LogP contribution in [-0.4, -0.2) is 15.0 Å². The van der Waals surface area contributed by atoms with Gasteiger partial charge in [0.2, 0.25) is 0 Å². The molecule has 0 aliphatic rings. The van der Waals surface area contributed by atoms with Gasteiger partial charge in [0, 0.05) is 11.9 Å². The lowest BCUT2D eigenvalue weighted by Crippen LogP contribution is -1.85. The van der Waals surface area contributed by atoms with Gasteiger partial charge in [-0.25, -0.2) is 9.97 Å². The van der Waals surface area contributed by atoms with Crippen LogP contribution in [0.2, 0.25) is 10.0 Å². The molecule has 6 heteroatoms. The number of hydrogen-bond acceptors (Lipinski definition) is 3. The highest BCUT2D eigenvalue weighted by atomic mass is 35.5. The minimum atomic E-state index is 0.572. The molecule has 19 heavy (non-hydrogen) atoms. The Bertz CT molecular complexity index is 727. The molecule has 3 rings (SSSR count). The highest BCUT2D eigenvalue weighted by Gasteiger charge is 2.06. The van der Waals surface area contributed by atoms with Crippen molar-refractivity contribution in [3.05, 3.63) is 52.4 Å². The molecule has 0 aliphatic carbocycles. The molecule has 96 valence electrons. The van der Waals surface area contributed by atoms with Crippen molar-refractivity contribution in [3.63, 3.8) is 0 Å². The summed E-state index contributed by atoms with van der Waals surface area (Å²) in [4.78, 5) is 11.7. The molecule has 1 N–H and O–H groups in total. The zero-order valence-corrected chi connectivity index (χ0v) is 12.1. The monoisotopic (exact) mass is 309 g/mol. The average Bonchev–Trinajstić information content (AvgIpc) is 2.89. The molecular weight excluding hydrogens is 301 g/mol. The lowest BCUT2D eigenvalue weighted by molar-refractivity contribution is 1.15. The van der Waals surface area contributed by atoms with Crippen molar-refractivity contribution in [2.45, 2.75) is 10.8 Å². The maximum absolute atomic E-state index is 6.00. The summed E-state index contributed by atoms with van der Waals surface area (Å²) in [7, 11) is 0. The summed E-state index contributed by atoms with van der Waals surface area (Å²) < 4.78 is 0. The Morgan fingerprint density at radius 3 is 2.84 bits per heavy atom. The topological polar surface area (TPSA) is 41.6 Å². The van der Waals surface area contributed by atoms with Crippen LogP contribution in [0.3, 0.4) is 0 Å². The average molecular weight is 310 g/mol. The highest BCUT2D eigenvalue weighted by Crippen LogP contribution is 2.29. The van der Waals surface area contributed by atoms with Gasteiger partial charge in [-0.3, -0.25) is 0 Å². The van der Waals surface area contributed by atoms with Gasteiger partial charge in [0.25, 0.3) is 0 Å². The molecule has 0 atom stereocenters. The molecule has 2 aromatic heterocycles. The Morgan fingerprint density at radius 2 is 2.00 bits per heavy atom. The fraction of sp³-hybridized carbons (Fsp3) is 0.0769. The molecule has 0 fully saturated rings. The van der Waals surface area contributed by atoms with Crippen LogP contribution in [0.4, 0.5) is 0 Å². The number of aromatic amines is 1. The summed E-state index contributed by atoms with van der Waals surface area (Å²) in [6.45, 7) is 0. The number of rotatable bonds is 3. The molecule has 2 heterocycles. The highest BCUT2D eigenvalue weighted by molar-refractivity contribution is 7.98. The van der Waals surface area contributed by atoms with Gasteiger partial charge < -0.3 is 4.98 Å². The predicted octanol–water partition coefficient (Wildman–Crippen LogP) is 4.56. The van der Waals surface area contributed by atoms with E-state index in [1.165, 1.54) is 0 Å². The first-order chi connectivity index (χ1) is 9.24. The Labute approximate surface area is 124 Å². The number of imidazole rings is 1. The largest absolute Gasteiger partial charge is 0.344 e. The third-order valence-electron chi connectivity index (χ3n) is 2.66. The Kier molecular flexibility index (Phi) is 3.64. The number of pyridine rings is 1. The molecule has 0 spiro atoms. The number of nitrogens with zero attached hydrogens (tertiary/aromatic N) is 2. The number of thioether (sulfide) groups is 1. The van der Waals surface area contributed by atoms with Crippen molar-refractivity contribution >= 4 is 46.0 Å². The van der Waals surface area contributed by atoms with Gasteiger partial charge in [0.1, 0.15) is 10.5 Å². The minimum Gasteiger partial charge on any atom is -0.344 e. The van der Waals surface area contributed by atoms with Crippen LogP contribution < -0.4 is 0 Å². The number of fused-ring (bicyclic) bond motifs is 1. The summed E-state index contributed by atoms with van der Waals surface area (Å²) in [5, 5.41) is 2.05. The van der Waals surface area contributed by atoms with Gasteiger partial charge >= 0.3 is 0 Å². The van der Waals surface area contributed by atoms with E-state index < -0.39 is 0 Å². The van der Waals surface area contributed by atoms with E-state index in [2.05, 4.69) is 15.0 Å². The maximum atomic E-state index is 6.00.